The van der Waals surface area contributed by atoms with Gasteiger partial charge in [-0.05, 0) is 37.6 Å². The van der Waals surface area contributed by atoms with E-state index in [0.717, 1.165) is 60.2 Å². The van der Waals surface area contributed by atoms with E-state index < -0.39 is 0 Å². The number of hydrogen-bond donors (Lipinski definition) is 0. The lowest BCUT2D eigenvalue weighted by Gasteiger charge is -2.27. The molecule has 1 aliphatic rings. The van der Waals surface area contributed by atoms with E-state index >= 15 is 0 Å². The van der Waals surface area contributed by atoms with Gasteiger partial charge < -0.3 is 4.74 Å². The van der Waals surface area contributed by atoms with Gasteiger partial charge in [-0.1, -0.05) is 41.2 Å². The minimum absolute atomic E-state index is 0. The van der Waals surface area contributed by atoms with Crippen LogP contribution in [0.5, 0.6) is 0 Å². The molecule has 1 aromatic heterocycles. The topological polar surface area (TPSA) is 45.7 Å². The van der Waals surface area contributed by atoms with Gasteiger partial charge in [0.25, 0.3) is 5.91 Å². The zero-order valence-electron chi connectivity index (χ0n) is 16.5. The third-order valence-electron chi connectivity index (χ3n) is 4.98. The maximum Gasteiger partial charge on any atom is 0.260 e. The first-order valence-electron chi connectivity index (χ1n) is 9.75. The standard InChI is InChI=1S/C22H25N3O2S.ClH/c1-17-6-4-7-18(16-17)21(26)25(11-5-10-24-12-14-27-15-13-24)22-23-19-8-2-3-9-20(19)28-22;/h2-4,6-9,16H,5,10-15H2,1H3;1H. The van der Waals surface area contributed by atoms with Crippen LogP contribution in [0.2, 0.25) is 0 Å². The van der Waals surface area contributed by atoms with Crippen LogP contribution in [0.3, 0.4) is 0 Å². The summed E-state index contributed by atoms with van der Waals surface area (Å²) >= 11 is 1.58. The third kappa shape index (κ3) is 5.34. The zero-order valence-corrected chi connectivity index (χ0v) is 18.2. The number of para-hydroxylation sites is 1. The molecule has 7 heteroatoms. The number of amides is 1. The van der Waals surface area contributed by atoms with Crippen LogP contribution in [0.15, 0.2) is 48.5 Å². The van der Waals surface area contributed by atoms with Gasteiger partial charge in [0.2, 0.25) is 0 Å². The number of ether oxygens (including phenoxy) is 1. The molecule has 0 spiro atoms. The first-order valence-corrected chi connectivity index (χ1v) is 10.6. The molecule has 2 heterocycles. The smallest absolute Gasteiger partial charge is 0.260 e. The van der Waals surface area contributed by atoms with Crippen LogP contribution in [0.1, 0.15) is 22.3 Å². The predicted octanol–water partition coefficient (Wildman–Crippen LogP) is 4.40. The fourth-order valence-corrected chi connectivity index (χ4v) is 4.46. The number of benzene rings is 2. The van der Waals surface area contributed by atoms with Gasteiger partial charge in [0, 0.05) is 31.7 Å². The van der Waals surface area contributed by atoms with Crippen molar-refractivity contribution in [2.45, 2.75) is 13.3 Å². The molecule has 1 aliphatic heterocycles. The molecule has 0 radical (unpaired) electrons. The maximum atomic E-state index is 13.3. The number of carbonyl (C=O) groups excluding carboxylic acids is 1. The Hall–Kier alpha value is -1.99. The summed E-state index contributed by atoms with van der Waals surface area (Å²) in [6.45, 7) is 7.15. The first-order chi connectivity index (χ1) is 13.7. The molecule has 0 N–H and O–H groups in total. The summed E-state index contributed by atoms with van der Waals surface area (Å²) in [7, 11) is 0. The molecule has 1 fully saturated rings. The van der Waals surface area contributed by atoms with E-state index in [1.807, 2.05) is 54.3 Å². The number of morpholine rings is 1. The molecule has 1 saturated heterocycles. The van der Waals surface area contributed by atoms with Crippen molar-refractivity contribution in [1.82, 2.24) is 9.88 Å². The third-order valence-corrected chi connectivity index (χ3v) is 6.04. The first kappa shape index (κ1) is 21.7. The highest BCUT2D eigenvalue weighted by Gasteiger charge is 2.22. The molecule has 154 valence electrons. The van der Waals surface area contributed by atoms with Crippen molar-refractivity contribution >= 4 is 45.0 Å². The highest BCUT2D eigenvalue weighted by atomic mass is 35.5. The van der Waals surface area contributed by atoms with Gasteiger partial charge in [-0.2, -0.15) is 0 Å². The molecule has 29 heavy (non-hydrogen) atoms. The van der Waals surface area contributed by atoms with Crippen molar-refractivity contribution < 1.29 is 9.53 Å². The van der Waals surface area contributed by atoms with Crippen LogP contribution in [-0.2, 0) is 4.74 Å². The lowest BCUT2D eigenvalue weighted by Crippen LogP contribution is -2.39. The van der Waals surface area contributed by atoms with Gasteiger partial charge in [0.05, 0.1) is 23.4 Å². The number of nitrogens with zero attached hydrogens (tertiary/aromatic N) is 3. The van der Waals surface area contributed by atoms with Gasteiger partial charge in [0.15, 0.2) is 5.13 Å². The summed E-state index contributed by atoms with van der Waals surface area (Å²) < 4.78 is 6.53. The molecular formula is C22H26ClN3O2S. The normalized spacial score (nSPS) is 14.5. The molecule has 4 rings (SSSR count). The van der Waals surface area contributed by atoms with Gasteiger partial charge >= 0.3 is 0 Å². The number of aryl methyl sites for hydroxylation is 1. The van der Waals surface area contributed by atoms with E-state index in [0.29, 0.717) is 12.1 Å². The molecule has 5 nitrogen and oxygen atoms in total. The summed E-state index contributed by atoms with van der Waals surface area (Å²) in [5.41, 5.74) is 2.74. The Morgan fingerprint density at radius 2 is 1.97 bits per heavy atom. The van der Waals surface area contributed by atoms with Gasteiger partial charge in [-0.3, -0.25) is 14.6 Å². The lowest BCUT2D eigenvalue weighted by atomic mass is 10.1. The quantitative estimate of drug-likeness (QED) is 0.580. The van der Waals surface area contributed by atoms with Gasteiger partial charge in [-0.15, -0.1) is 12.4 Å². The van der Waals surface area contributed by atoms with Crippen molar-refractivity contribution in [1.29, 1.82) is 0 Å². The monoisotopic (exact) mass is 431 g/mol. The molecule has 3 aromatic rings. The fraction of sp³-hybridized carbons (Fsp3) is 0.364. The van der Waals surface area contributed by atoms with Gasteiger partial charge in [-0.25, -0.2) is 4.98 Å². The van der Waals surface area contributed by atoms with E-state index in [4.69, 9.17) is 9.72 Å². The van der Waals surface area contributed by atoms with E-state index in [1.165, 1.54) is 0 Å². The number of aromatic nitrogens is 1. The molecular weight excluding hydrogens is 406 g/mol. The number of anilines is 1. The van der Waals surface area contributed by atoms with E-state index in [-0.39, 0.29) is 18.3 Å². The summed E-state index contributed by atoms with van der Waals surface area (Å²) in [6, 6.07) is 15.8. The molecule has 0 atom stereocenters. The largest absolute Gasteiger partial charge is 0.379 e. The van der Waals surface area contributed by atoms with Crippen molar-refractivity contribution in [2.75, 3.05) is 44.3 Å². The SMILES string of the molecule is Cc1cccc(C(=O)N(CCCN2CCOCC2)c2nc3ccccc3s2)c1.Cl. The number of halogens is 1. The zero-order chi connectivity index (χ0) is 19.3. The van der Waals surface area contributed by atoms with Crippen LogP contribution < -0.4 is 4.90 Å². The average molecular weight is 432 g/mol. The Bertz CT molecular complexity index is 923. The maximum absolute atomic E-state index is 13.3. The minimum Gasteiger partial charge on any atom is -0.379 e. The Kier molecular flexibility index (Phi) is 7.61. The number of hydrogen-bond acceptors (Lipinski definition) is 5. The number of rotatable bonds is 6. The Morgan fingerprint density at radius 3 is 2.72 bits per heavy atom. The molecule has 2 aromatic carbocycles. The van der Waals surface area contributed by atoms with Crippen LogP contribution in [0.4, 0.5) is 5.13 Å². The summed E-state index contributed by atoms with van der Waals surface area (Å²) in [4.78, 5) is 22.3. The van der Waals surface area contributed by atoms with Crippen LogP contribution in [-0.4, -0.2) is 55.2 Å². The summed E-state index contributed by atoms with van der Waals surface area (Å²) in [5.74, 6) is 0.0183. The Labute approximate surface area is 181 Å². The highest BCUT2D eigenvalue weighted by Crippen LogP contribution is 2.29. The molecule has 0 bridgehead atoms. The highest BCUT2D eigenvalue weighted by molar-refractivity contribution is 7.22. The minimum atomic E-state index is 0. The lowest BCUT2D eigenvalue weighted by molar-refractivity contribution is 0.0376. The molecule has 0 saturated carbocycles. The summed E-state index contributed by atoms with van der Waals surface area (Å²) in [5, 5.41) is 0.773. The molecule has 1 amide bonds. The number of carbonyl (C=O) groups is 1. The summed E-state index contributed by atoms with van der Waals surface area (Å²) in [6.07, 6.45) is 0.910. The van der Waals surface area contributed by atoms with Gasteiger partial charge in [0.1, 0.15) is 0 Å². The predicted molar refractivity (Wildman–Crippen MR) is 122 cm³/mol. The van der Waals surface area contributed by atoms with Crippen molar-refractivity contribution in [3.8, 4) is 0 Å². The van der Waals surface area contributed by atoms with Crippen molar-refractivity contribution in [3.05, 3.63) is 59.7 Å². The van der Waals surface area contributed by atoms with Crippen molar-refractivity contribution in [2.24, 2.45) is 0 Å². The molecule has 0 unspecified atom stereocenters. The Balaban J connectivity index is 0.00000240. The van der Waals surface area contributed by atoms with E-state index in [9.17, 15) is 4.79 Å². The van der Waals surface area contributed by atoms with Crippen LogP contribution in [0.25, 0.3) is 10.2 Å². The van der Waals surface area contributed by atoms with Crippen molar-refractivity contribution in [3.63, 3.8) is 0 Å². The Morgan fingerprint density at radius 1 is 1.17 bits per heavy atom. The fourth-order valence-electron chi connectivity index (χ4n) is 3.47. The number of thiazole rings is 1. The van der Waals surface area contributed by atoms with Crippen LogP contribution in [0, 0.1) is 6.92 Å². The van der Waals surface area contributed by atoms with E-state index in [2.05, 4.69) is 11.0 Å². The molecule has 0 aliphatic carbocycles. The second-order valence-corrected chi connectivity index (χ2v) is 8.11. The van der Waals surface area contributed by atoms with Crippen LogP contribution >= 0.6 is 23.7 Å². The number of fused-ring (bicyclic) bond motifs is 1. The second-order valence-electron chi connectivity index (χ2n) is 7.10. The van der Waals surface area contributed by atoms with E-state index in [1.54, 1.807) is 11.3 Å². The average Bonchev–Trinajstić information content (AvgIpc) is 3.15. The second kappa shape index (κ2) is 10.2.